The van der Waals surface area contributed by atoms with Crippen LogP contribution in [-0.2, 0) is 4.79 Å². The number of hydrogen-bond acceptors (Lipinski definition) is 2. The third-order valence-corrected chi connectivity index (χ3v) is 8.76. The number of benzene rings is 1. The molecular weight excluding hydrogens is 300 g/mol. The quantitative estimate of drug-likeness (QED) is 0.719. The Morgan fingerprint density at radius 3 is 2.57 bits per heavy atom. The lowest BCUT2D eigenvalue weighted by atomic mass is 9.52. The van der Waals surface area contributed by atoms with E-state index in [0.29, 0.717) is 17.1 Å². The zero-order chi connectivity index (χ0) is 16.2. The van der Waals surface area contributed by atoms with Crippen LogP contribution in [0.1, 0.15) is 52.9 Å². The molecule has 0 heterocycles. The highest BCUT2D eigenvalue weighted by atomic mass is 32.2. The molecule has 0 unspecified atom stereocenters. The Bertz CT molecular complexity index is 610. The van der Waals surface area contributed by atoms with Crippen molar-refractivity contribution >= 4 is 17.5 Å². The molecule has 1 aromatic carbocycles. The van der Waals surface area contributed by atoms with E-state index in [9.17, 15) is 4.79 Å². The van der Waals surface area contributed by atoms with Crippen molar-refractivity contribution in [3.8, 4) is 0 Å². The molecule has 3 aliphatic rings. The molecule has 23 heavy (non-hydrogen) atoms. The molecule has 3 saturated carbocycles. The molecule has 0 amide bonds. The summed E-state index contributed by atoms with van der Waals surface area (Å²) in [5.74, 6) is 3.41. The van der Waals surface area contributed by atoms with Gasteiger partial charge in [-0.05, 0) is 66.9 Å². The average molecular weight is 329 g/mol. The van der Waals surface area contributed by atoms with Crippen molar-refractivity contribution in [3.63, 3.8) is 0 Å². The fourth-order valence-electron chi connectivity index (χ4n) is 5.79. The van der Waals surface area contributed by atoms with Gasteiger partial charge in [-0.3, -0.25) is 4.79 Å². The lowest BCUT2D eigenvalue weighted by molar-refractivity contribution is -0.138. The Morgan fingerprint density at radius 2 is 1.91 bits per heavy atom. The highest BCUT2D eigenvalue weighted by Crippen LogP contribution is 2.67. The van der Waals surface area contributed by atoms with Gasteiger partial charge < -0.3 is 0 Å². The molecule has 3 fully saturated rings. The summed E-state index contributed by atoms with van der Waals surface area (Å²) < 4.78 is -0.108. The number of carbonyl (C=O) groups is 1. The van der Waals surface area contributed by atoms with E-state index in [2.05, 4.69) is 51.1 Å². The normalized spacial score (nSPS) is 42.3. The van der Waals surface area contributed by atoms with Gasteiger partial charge in [-0.25, -0.2) is 0 Å². The fourth-order valence-corrected chi connectivity index (χ4v) is 7.30. The van der Waals surface area contributed by atoms with Crippen molar-refractivity contribution in [2.45, 2.75) is 62.5 Å². The van der Waals surface area contributed by atoms with E-state index in [1.165, 1.54) is 24.2 Å². The maximum Gasteiger partial charge on any atom is 0.149 e. The van der Waals surface area contributed by atoms with Crippen LogP contribution in [0.2, 0.25) is 0 Å². The van der Waals surface area contributed by atoms with Gasteiger partial charge in [0.2, 0.25) is 0 Å². The van der Waals surface area contributed by atoms with Gasteiger partial charge in [0.25, 0.3) is 0 Å². The summed E-state index contributed by atoms with van der Waals surface area (Å²) in [4.78, 5) is 14.0. The lowest BCUT2D eigenvalue weighted by Gasteiger charge is -2.58. The van der Waals surface area contributed by atoms with Crippen LogP contribution in [0.5, 0.6) is 0 Å². The fraction of sp³-hybridized carbons (Fsp3) is 0.667. The number of ketones is 1. The van der Waals surface area contributed by atoms with Gasteiger partial charge in [0.1, 0.15) is 5.78 Å². The molecule has 1 aromatic rings. The zero-order valence-electron chi connectivity index (χ0n) is 14.5. The van der Waals surface area contributed by atoms with Crippen molar-refractivity contribution in [1.82, 2.24) is 0 Å². The highest BCUT2D eigenvalue weighted by molar-refractivity contribution is 8.01. The van der Waals surface area contributed by atoms with E-state index < -0.39 is 0 Å². The molecule has 5 atom stereocenters. The van der Waals surface area contributed by atoms with E-state index in [-0.39, 0.29) is 4.75 Å². The van der Waals surface area contributed by atoms with Gasteiger partial charge in [-0.2, -0.15) is 0 Å². The van der Waals surface area contributed by atoms with Crippen LogP contribution in [0.15, 0.2) is 35.2 Å². The number of hydrogen-bond donors (Lipinski definition) is 0. The Hall–Kier alpha value is -0.760. The molecule has 0 N–H and O–H groups in total. The van der Waals surface area contributed by atoms with Gasteiger partial charge in [-0.1, -0.05) is 39.0 Å². The average Bonchev–Trinajstić information content (AvgIpc) is 2.85. The van der Waals surface area contributed by atoms with Crippen LogP contribution in [0.4, 0.5) is 0 Å². The SMILES string of the molecule is CC(C)[C@@H]1CC[C@]2(C)C[C@@H]3CC(=O)[C@]3(Sc3ccccc3)C[C@@H]12. The van der Waals surface area contributed by atoms with Crippen LogP contribution < -0.4 is 0 Å². The maximum atomic E-state index is 12.7. The summed E-state index contributed by atoms with van der Waals surface area (Å²) in [5.41, 5.74) is 0.487. The molecule has 4 rings (SSSR count). The summed E-state index contributed by atoms with van der Waals surface area (Å²) in [7, 11) is 0. The minimum absolute atomic E-state index is 0.108. The number of thioether (sulfide) groups is 1. The zero-order valence-corrected chi connectivity index (χ0v) is 15.4. The van der Waals surface area contributed by atoms with Gasteiger partial charge in [0, 0.05) is 11.3 Å². The first kappa shape index (κ1) is 15.7. The molecule has 0 aromatic heterocycles. The summed E-state index contributed by atoms with van der Waals surface area (Å²) in [6.45, 7) is 7.27. The molecule has 0 saturated heterocycles. The molecular formula is C21H28OS. The Labute approximate surface area is 144 Å². The van der Waals surface area contributed by atoms with Crippen LogP contribution in [0.3, 0.4) is 0 Å². The second kappa shape index (κ2) is 5.37. The molecule has 2 heteroatoms. The molecule has 3 aliphatic carbocycles. The largest absolute Gasteiger partial charge is 0.298 e. The number of carbonyl (C=O) groups excluding carboxylic acids is 1. The van der Waals surface area contributed by atoms with Crippen molar-refractivity contribution in [2.75, 3.05) is 0 Å². The van der Waals surface area contributed by atoms with E-state index in [1.54, 1.807) is 0 Å². The monoisotopic (exact) mass is 328 g/mol. The van der Waals surface area contributed by atoms with Crippen LogP contribution >= 0.6 is 11.8 Å². The lowest BCUT2D eigenvalue weighted by Crippen LogP contribution is -2.60. The van der Waals surface area contributed by atoms with Crippen molar-refractivity contribution in [1.29, 1.82) is 0 Å². The number of fused-ring (bicyclic) bond motifs is 2. The first-order chi connectivity index (χ1) is 10.9. The molecule has 0 bridgehead atoms. The summed E-state index contributed by atoms with van der Waals surface area (Å²) >= 11 is 1.88. The minimum Gasteiger partial charge on any atom is -0.298 e. The third kappa shape index (κ3) is 2.32. The van der Waals surface area contributed by atoms with Crippen LogP contribution in [0, 0.1) is 29.1 Å². The summed E-state index contributed by atoms with van der Waals surface area (Å²) in [6.07, 6.45) is 5.96. The minimum atomic E-state index is -0.108. The van der Waals surface area contributed by atoms with Crippen LogP contribution in [0.25, 0.3) is 0 Å². The van der Waals surface area contributed by atoms with Gasteiger partial charge in [0.05, 0.1) is 4.75 Å². The van der Waals surface area contributed by atoms with Crippen molar-refractivity contribution in [3.05, 3.63) is 30.3 Å². The summed E-state index contributed by atoms with van der Waals surface area (Å²) in [6, 6.07) is 10.6. The second-order valence-corrected chi connectivity index (χ2v) is 10.1. The Kier molecular flexibility index (Phi) is 3.68. The first-order valence-electron chi connectivity index (χ1n) is 9.22. The maximum absolute atomic E-state index is 12.7. The van der Waals surface area contributed by atoms with E-state index in [1.807, 2.05) is 11.8 Å². The predicted molar refractivity (Wildman–Crippen MR) is 96.5 cm³/mol. The number of rotatable bonds is 3. The van der Waals surface area contributed by atoms with Crippen molar-refractivity contribution in [2.24, 2.45) is 29.1 Å². The standard InChI is InChI=1S/C21H28OS/c1-14(2)17-9-10-20(3)12-15-11-19(22)21(15,13-18(17)20)23-16-7-5-4-6-8-16/h4-8,14-15,17-18H,9-13H2,1-3H3/t15-,17-,18-,20+,21-/m0/s1. The third-order valence-electron chi connectivity index (χ3n) is 7.16. The Morgan fingerprint density at radius 1 is 1.17 bits per heavy atom. The first-order valence-corrected chi connectivity index (χ1v) is 10.0. The Balaban J connectivity index is 1.65. The van der Waals surface area contributed by atoms with Crippen molar-refractivity contribution < 1.29 is 4.79 Å². The van der Waals surface area contributed by atoms with Gasteiger partial charge in [0.15, 0.2) is 0 Å². The topological polar surface area (TPSA) is 17.1 Å². The van der Waals surface area contributed by atoms with E-state index in [0.717, 1.165) is 30.6 Å². The molecule has 0 radical (unpaired) electrons. The second-order valence-electron chi connectivity index (χ2n) is 8.74. The van der Waals surface area contributed by atoms with E-state index >= 15 is 0 Å². The molecule has 124 valence electrons. The van der Waals surface area contributed by atoms with Gasteiger partial charge in [-0.15, -0.1) is 11.8 Å². The smallest absolute Gasteiger partial charge is 0.149 e. The van der Waals surface area contributed by atoms with Crippen LogP contribution in [-0.4, -0.2) is 10.5 Å². The highest BCUT2D eigenvalue weighted by Gasteiger charge is 2.64. The predicted octanol–water partition coefficient (Wildman–Crippen LogP) is 5.59. The van der Waals surface area contributed by atoms with Gasteiger partial charge >= 0.3 is 0 Å². The summed E-state index contributed by atoms with van der Waals surface area (Å²) in [5, 5.41) is 0. The van der Waals surface area contributed by atoms with E-state index in [4.69, 9.17) is 0 Å². The number of Topliss-reactive ketones (excluding diaryl/α,β-unsaturated/α-hetero) is 1. The molecule has 0 spiro atoms. The molecule has 0 aliphatic heterocycles. The molecule has 1 nitrogen and oxygen atoms in total.